The normalized spacial score (nSPS) is 21.7. The molecule has 0 unspecified atom stereocenters. The highest BCUT2D eigenvalue weighted by Gasteiger charge is 2.27. The molecule has 5 rings (SSSR count). The van der Waals surface area contributed by atoms with E-state index in [-0.39, 0.29) is 0 Å². The summed E-state index contributed by atoms with van der Waals surface area (Å²) in [4.78, 5) is 4.97. The third kappa shape index (κ3) is 3.42. The lowest BCUT2D eigenvalue weighted by atomic mass is 9.96. The van der Waals surface area contributed by atoms with Crippen LogP contribution < -0.4 is 0 Å². The van der Waals surface area contributed by atoms with Crippen LogP contribution in [0.5, 0.6) is 0 Å². The minimum absolute atomic E-state index is 0.424. The van der Waals surface area contributed by atoms with Crippen molar-refractivity contribution in [2.75, 3.05) is 26.2 Å². The monoisotopic (exact) mass is 381 g/mol. The summed E-state index contributed by atoms with van der Waals surface area (Å²) in [7, 11) is 2.13. The van der Waals surface area contributed by atoms with E-state index in [1.165, 1.54) is 44.3 Å². The fraction of sp³-hybridized carbons (Fsp3) is 0.600. The van der Waals surface area contributed by atoms with E-state index >= 15 is 0 Å². The molecule has 1 atom stereocenters. The second-order valence-electron chi connectivity index (χ2n) is 8.14. The first-order valence-corrected chi connectivity index (χ1v) is 10.3. The maximum Gasteiger partial charge on any atom is 0.146 e. The fourth-order valence-electron chi connectivity index (χ4n) is 4.65. The molecule has 0 radical (unpaired) electrons. The molecule has 8 nitrogen and oxygen atoms in total. The van der Waals surface area contributed by atoms with Gasteiger partial charge in [-0.15, -0.1) is 10.2 Å². The summed E-state index contributed by atoms with van der Waals surface area (Å²) < 4.78 is 7.15. The van der Waals surface area contributed by atoms with Crippen LogP contribution in [0.4, 0.5) is 0 Å². The van der Waals surface area contributed by atoms with Crippen LogP contribution in [0.2, 0.25) is 0 Å². The first kappa shape index (κ1) is 17.8. The number of fused-ring (bicyclic) bond motifs is 1. The predicted molar refractivity (Wildman–Crippen MR) is 105 cm³/mol. The highest BCUT2D eigenvalue weighted by molar-refractivity contribution is 5.76. The number of nitrogens with zero attached hydrogens (tertiary/aromatic N) is 7. The molecule has 28 heavy (non-hydrogen) atoms. The lowest BCUT2D eigenvalue weighted by molar-refractivity contribution is 0.195. The third-order valence-corrected chi connectivity index (χ3v) is 6.20. The highest BCUT2D eigenvalue weighted by atomic mass is 16.6. The predicted octanol–water partition coefficient (Wildman–Crippen LogP) is 2.33. The maximum atomic E-state index is 4.91. The minimum atomic E-state index is 0.424. The molecule has 0 saturated carbocycles. The Bertz CT molecular complexity index is 943. The lowest BCUT2D eigenvalue weighted by Gasteiger charge is -2.32. The molecule has 0 aliphatic carbocycles. The Labute approximate surface area is 164 Å². The van der Waals surface area contributed by atoms with E-state index in [4.69, 9.17) is 4.63 Å². The van der Waals surface area contributed by atoms with Gasteiger partial charge in [-0.3, -0.25) is 9.80 Å². The van der Waals surface area contributed by atoms with Crippen molar-refractivity contribution < 1.29 is 4.63 Å². The van der Waals surface area contributed by atoms with E-state index in [1.54, 1.807) is 0 Å². The maximum absolute atomic E-state index is 4.91. The molecule has 0 amide bonds. The Morgan fingerprint density at radius 1 is 1.00 bits per heavy atom. The fourth-order valence-corrected chi connectivity index (χ4v) is 4.65. The standard InChI is InChI=1S/C20H27N7O/c1-25-18(14-26-9-2-3-10-26)21-22-20(25)16-7-5-11-27(13-16)12-15-6-4-8-17-19(15)24-28-23-17/h4,6,8,16H,2-3,5,7,9-14H2,1H3/t16-/m1/s1. The number of piperidine rings is 1. The van der Waals surface area contributed by atoms with Crippen molar-refractivity contribution in [1.29, 1.82) is 0 Å². The third-order valence-electron chi connectivity index (χ3n) is 6.20. The van der Waals surface area contributed by atoms with Gasteiger partial charge in [0.15, 0.2) is 0 Å². The van der Waals surface area contributed by atoms with Crippen molar-refractivity contribution in [3.05, 3.63) is 35.4 Å². The van der Waals surface area contributed by atoms with Crippen LogP contribution >= 0.6 is 0 Å². The average Bonchev–Trinajstić information content (AvgIpc) is 3.45. The molecule has 2 fully saturated rings. The van der Waals surface area contributed by atoms with E-state index < -0.39 is 0 Å². The van der Waals surface area contributed by atoms with Gasteiger partial charge in [0, 0.05) is 26.1 Å². The topological polar surface area (TPSA) is 76.1 Å². The van der Waals surface area contributed by atoms with E-state index in [0.29, 0.717) is 5.92 Å². The molecule has 2 aliphatic rings. The summed E-state index contributed by atoms with van der Waals surface area (Å²) in [5, 5.41) is 17.2. The lowest BCUT2D eigenvalue weighted by Crippen LogP contribution is -2.35. The van der Waals surface area contributed by atoms with Crippen LogP contribution in [0.3, 0.4) is 0 Å². The number of likely N-dealkylation sites (tertiary alicyclic amines) is 2. The molecule has 2 aromatic heterocycles. The van der Waals surface area contributed by atoms with Crippen LogP contribution in [0.25, 0.3) is 11.0 Å². The Morgan fingerprint density at radius 2 is 1.86 bits per heavy atom. The van der Waals surface area contributed by atoms with Gasteiger partial charge in [0.2, 0.25) is 0 Å². The number of hydrogen-bond acceptors (Lipinski definition) is 7. The van der Waals surface area contributed by atoms with Crippen molar-refractivity contribution in [3.8, 4) is 0 Å². The van der Waals surface area contributed by atoms with Crippen LogP contribution in [0.1, 0.15) is 48.8 Å². The second-order valence-corrected chi connectivity index (χ2v) is 8.14. The Kier molecular flexibility index (Phi) is 4.82. The quantitative estimate of drug-likeness (QED) is 0.671. The molecule has 3 aromatic rings. The van der Waals surface area contributed by atoms with Crippen molar-refractivity contribution >= 4 is 11.0 Å². The Morgan fingerprint density at radius 3 is 2.75 bits per heavy atom. The Balaban J connectivity index is 1.29. The molecule has 1 aromatic carbocycles. The van der Waals surface area contributed by atoms with Gasteiger partial charge in [0.1, 0.15) is 22.7 Å². The van der Waals surface area contributed by atoms with Crippen molar-refractivity contribution in [2.24, 2.45) is 7.05 Å². The smallest absolute Gasteiger partial charge is 0.146 e. The molecule has 8 heteroatoms. The van der Waals surface area contributed by atoms with Gasteiger partial charge in [-0.25, -0.2) is 4.63 Å². The largest absolute Gasteiger partial charge is 0.317 e. The molecular formula is C20H27N7O. The molecular weight excluding hydrogens is 354 g/mol. The zero-order chi connectivity index (χ0) is 18.9. The van der Waals surface area contributed by atoms with Crippen molar-refractivity contribution in [1.82, 2.24) is 34.9 Å². The molecule has 2 aliphatic heterocycles. The summed E-state index contributed by atoms with van der Waals surface area (Å²) in [5.74, 6) is 2.64. The number of rotatable bonds is 5. The van der Waals surface area contributed by atoms with E-state index in [1.807, 2.05) is 12.1 Å². The van der Waals surface area contributed by atoms with Crippen molar-refractivity contribution in [2.45, 2.75) is 44.7 Å². The molecule has 0 spiro atoms. The molecule has 0 bridgehead atoms. The van der Waals surface area contributed by atoms with Crippen LogP contribution in [0.15, 0.2) is 22.8 Å². The summed E-state index contributed by atoms with van der Waals surface area (Å²) in [6.07, 6.45) is 4.94. The van der Waals surface area contributed by atoms with E-state index in [9.17, 15) is 0 Å². The first-order chi connectivity index (χ1) is 13.8. The van der Waals surface area contributed by atoms with Gasteiger partial charge in [0.05, 0.1) is 6.54 Å². The molecule has 0 N–H and O–H groups in total. The van der Waals surface area contributed by atoms with Gasteiger partial charge in [-0.05, 0) is 67.3 Å². The second kappa shape index (κ2) is 7.60. The average molecular weight is 381 g/mol. The first-order valence-electron chi connectivity index (χ1n) is 10.3. The van der Waals surface area contributed by atoms with Gasteiger partial charge >= 0.3 is 0 Å². The summed E-state index contributed by atoms with van der Waals surface area (Å²) in [6.45, 7) is 6.24. The number of benzene rings is 1. The minimum Gasteiger partial charge on any atom is -0.317 e. The van der Waals surface area contributed by atoms with Gasteiger partial charge < -0.3 is 4.57 Å². The van der Waals surface area contributed by atoms with Gasteiger partial charge in [-0.2, -0.15) is 0 Å². The number of aromatic nitrogens is 5. The number of hydrogen-bond donors (Lipinski definition) is 0. The van der Waals surface area contributed by atoms with Crippen LogP contribution in [0, 0.1) is 0 Å². The molecule has 4 heterocycles. The van der Waals surface area contributed by atoms with Crippen molar-refractivity contribution in [3.63, 3.8) is 0 Å². The zero-order valence-corrected chi connectivity index (χ0v) is 16.4. The summed E-state index contributed by atoms with van der Waals surface area (Å²) in [6, 6.07) is 6.08. The van der Waals surface area contributed by atoms with E-state index in [2.05, 4.69) is 48.0 Å². The summed E-state index contributed by atoms with van der Waals surface area (Å²) in [5.41, 5.74) is 2.87. The van der Waals surface area contributed by atoms with Gasteiger partial charge in [0.25, 0.3) is 0 Å². The van der Waals surface area contributed by atoms with Crippen LogP contribution in [-0.2, 0) is 20.1 Å². The molecule has 2 saturated heterocycles. The SMILES string of the molecule is Cn1c(CN2CCCC2)nnc1[C@@H]1CCCN(Cc2cccc3nonc23)C1. The summed E-state index contributed by atoms with van der Waals surface area (Å²) >= 11 is 0. The van der Waals surface area contributed by atoms with E-state index in [0.717, 1.165) is 48.9 Å². The zero-order valence-electron chi connectivity index (χ0n) is 16.4. The van der Waals surface area contributed by atoms with Gasteiger partial charge in [-0.1, -0.05) is 12.1 Å². The Hall–Kier alpha value is -2.32. The molecule has 148 valence electrons. The van der Waals surface area contributed by atoms with Crippen LogP contribution in [-0.4, -0.2) is 61.1 Å². The highest BCUT2D eigenvalue weighted by Crippen LogP contribution is 2.28.